The van der Waals surface area contributed by atoms with Gasteiger partial charge in [0.15, 0.2) is 5.78 Å². The Hall–Kier alpha value is -1.84. The number of carbonyl (C=O) groups is 2. The molecule has 90 valence electrons. The summed E-state index contributed by atoms with van der Waals surface area (Å²) in [5.41, 5.74) is 2.15. The first kappa shape index (κ1) is 11.6. The quantitative estimate of drug-likeness (QED) is 0.792. The van der Waals surface area contributed by atoms with Crippen LogP contribution in [0.25, 0.3) is 0 Å². The predicted octanol–water partition coefficient (Wildman–Crippen LogP) is 1.56. The first-order valence-corrected chi connectivity index (χ1v) is 5.64. The lowest BCUT2D eigenvalue weighted by atomic mass is 10.1. The highest BCUT2D eigenvalue weighted by Gasteiger charge is 2.23. The van der Waals surface area contributed by atoms with E-state index >= 15 is 0 Å². The summed E-state index contributed by atoms with van der Waals surface area (Å²) in [6.07, 6.45) is -0.0217. The number of ketones is 1. The molecule has 1 aromatic rings. The van der Waals surface area contributed by atoms with Gasteiger partial charge in [0.25, 0.3) is 0 Å². The van der Waals surface area contributed by atoms with Crippen molar-refractivity contribution in [3.63, 3.8) is 0 Å². The van der Waals surface area contributed by atoms with E-state index in [0.29, 0.717) is 19.6 Å². The molecule has 0 radical (unpaired) electrons. The zero-order valence-electron chi connectivity index (χ0n) is 9.81. The van der Waals surface area contributed by atoms with Gasteiger partial charge in [-0.05, 0) is 12.5 Å². The minimum atomic E-state index is -0.387. The fourth-order valence-corrected chi connectivity index (χ4v) is 1.77. The molecule has 1 saturated heterocycles. The standard InChI is InChI=1S/C13H15NO3/c1-10-2-4-11(5-3-10)8-12(15)9-14-6-7-17-13(14)16/h2-5H,6-9H2,1H3. The van der Waals surface area contributed by atoms with Gasteiger partial charge >= 0.3 is 6.09 Å². The second-order valence-corrected chi connectivity index (χ2v) is 4.24. The molecule has 1 aliphatic heterocycles. The molecule has 17 heavy (non-hydrogen) atoms. The Labute approximate surface area is 100 Å². The third-order valence-corrected chi connectivity index (χ3v) is 2.73. The number of hydrogen-bond donors (Lipinski definition) is 0. The third kappa shape index (κ3) is 3.06. The Morgan fingerprint density at radius 1 is 1.35 bits per heavy atom. The number of amides is 1. The molecule has 4 nitrogen and oxygen atoms in total. The van der Waals surface area contributed by atoms with Gasteiger partial charge in [0.2, 0.25) is 0 Å². The SMILES string of the molecule is Cc1ccc(CC(=O)CN2CCOC2=O)cc1. The number of Topliss-reactive ketones (excluding diaryl/α,β-unsaturated/α-hetero) is 1. The molecule has 2 rings (SSSR count). The van der Waals surface area contributed by atoms with E-state index < -0.39 is 0 Å². The summed E-state index contributed by atoms with van der Waals surface area (Å²) < 4.78 is 4.77. The number of benzene rings is 1. The minimum Gasteiger partial charge on any atom is -0.448 e. The molecule has 1 amide bonds. The van der Waals surface area contributed by atoms with Crippen LogP contribution in [0, 0.1) is 6.92 Å². The lowest BCUT2D eigenvalue weighted by Gasteiger charge is -2.11. The molecule has 4 heteroatoms. The van der Waals surface area contributed by atoms with Gasteiger partial charge in [-0.3, -0.25) is 9.69 Å². The van der Waals surface area contributed by atoms with Crippen molar-refractivity contribution in [3.8, 4) is 0 Å². The average molecular weight is 233 g/mol. The van der Waals surface area contributed by atoms with Gasteiger partial charge in [-0.25, -0.2) is 4.79 Å². The van der Waals surface area contributed by atoms with Gasteiger partial charge in [-0.2, -0.15) is 0 Å². The normalized spacial score (nSPS) is 14.9. The van der Waals surface area contributed by atoms with Crippen molar-refractivity contribution < 1.29 is 14.3 Å². The van der Waals surface area contributed by atoms with Crippen LogP contribution in [0.15, 0.2) is 24.3 Å². The first-order valence-electron chi connectivity index (χ1n) is 5.64. The molecule has 0 aromatic heterocycles. The number of aryl methyl sites for hydroxylation is 1. The van der Waals surface area contributed by atoms with Gasteiger partial charge in [-0.1, -0.05) is 29.8 Å². The summed E-state index contributed by atoms with van der Waals surface area (Å²) in [7, 11) is 0. The van der Waals surface area contributed by atoms with Crippen LogP contribution in [0.4, 0.5) is 4.79 Å². The molecule has 0 atom stereocenters. The van der Waals surface area contributed by atoms with Crippen LogP contribution in [0.2, 0.25) is 0 Å². The summed E-state index contributed by atoms with van der Waals surface area (Å²) in [6.45, 7) is 3.05. The van der Waals surface area contributed by atoms with Crippen LogP contribution in [0.1, 0.15) is 11.1 Å². The maximum atomic E-state index is 11.7. The van der Waals surface area contributed by atoms with E-state index in [2.05, 4.69) is 0 Å². The van der Waals surface area contributed by atoms with Crippen molar-refractivity contribution in [1.29, 1.82) is 0 Å². The van der Waals surface area contributed by atoms with E-state index in [1.165, 1.54) is 10.5 Å². The highest BCUT2D eigenvalue weighted by Crippen LogP contribution is 2.07. The fraction of sp³-hybridized carbons (Fsp3) is 0.385. The highest BCUT2D eigenvalue weighted by atomic mass is 16.6. The van der Waals surface area contributed by atoms with E-state index in [1.54, 1.807) is 0 Å². The van der Waals surface area contributed by atoms with Crippen molar-refractivity contribution in [2.75, 3.05) is 19.7 Å². The zero-order chi connectivity index (χ0) is 12.3. The maximum Gasteiger partial charge on any atom is 0.410 e. The Morgan fingerprint density at radius 2 is 2.06 bits per heavy atom. The smallest absolute Gasteiger partial charge is 0.410 e. The van der Waals surface area contributed by atoms with Crippen molar-refractivity contribution in [2.24, 2.45) is 0 Å². The van der Waals surface area contributed by atoms with Crippen LogP contribution in [0.5, 0.6) is 0 Å². The van der Waals surface area contributed by atoms with Crippen molar-refractivity contribution in [3.05, 3.63) is 35.4 Å². The van der Waals surface area contributed by atoms with Crippen LogP contribution >= 0.6 is 0 Å². The number of nitrogens with zero attached hydrogens (tertiary/aromatic N) is 1. The zero-order valence-corrected chi connectivity index (χ0v) is 9.81. The molecule has 0 aliphatic carbocycles. The lowest BCUT2D eigenvalue weighted by Crippen LogP contribution is -2.31. The van der Waals surface area contributed by atoms with E-state index in [0.717, 1.165) is 5.56 Å². The van der Waals surface area contributed by atoms with E-state index in [4.69, 9.17) is 4.74 Å². The summed E-state index contributed by atoms with van der Waals surface area (Å²) in [6, 6.07) is 7.84. The van der Waals surface area contributed by atoms with Crippen LogP contribution in [0.3, 0.4) is 0 Å². The number of hydrogen-bond acceptors (Lipinski definition) is 3. The summed E-state index contributed by atoms with van der Waals surface area (Å²) in [5, 5.41) is 0. The number of ether oxygens (including phenoxy) is 1. The van der Waals surface area contributed by atoms with Crippen molar-refractivity contribution >= 4 is 11.9 Å². The maximum absolute atomic E-state index is 11.7. The summed E-state index contributed by atoms with van der Waals surface area (Å²) in [4.78, 5) is 24.3. The highest BCUT2D eigenvalue weighted by molar-refractivity contribution is 5.86. The number of cyclic esters (lactones) is 1. The first-order chi connectivity index (χ1) is 8.15. The Morgan fingerprint density at radius 3 is 2.65 bits per heavy atom. The van der Waals surface area contributed by atoms with E-state index in [9.17, 15) is 9.59 Å². The van der Waals surface area contributed by atoms with Gasteiger partial charge in [0, 0.05) is 6.42 Å². The van der Waals surface area contributed by atoms with Crippen LogP contribution in [-0.2, 0) is 16.0 Å². The van der Waals surface area contributed by atoms with Gasteiger partial charge in [0.05, 0.1) is 13.1 Å². The van der Waals surface area contributed by atoms with Crippen LogP contribution < -0.4 is 0 Å². The third-order valence-electron chi connectivity index (χ3n) is 2.73. The molecule has 1 aliphatic rings. The molecule has 0 unspecified atom stereocenters. The Balaban J connectivity index is 1.88. The Bertz CT molecular complexity index is 425. The molecular formula is C13H15NO3. The minimum absolute atomic E-state index is 0.0349. The molecule has 0 N–H and O–H groups in total. The van der Waals surface area contributed by atoms with Crippen LogP contribution in [-0.4, -0.2) is 36.5 Å². The lowest BCUT2D eigenvalue weighted by molar-refractivity contribution is -0.118. The average Bonchev–Trinajstić information content (AvgIpc) is 2.68. The fourth-order valence-electron chi connectivity index (χ4n) is 1.77. The second-order valence-electron chi connectivity index (χ2n) is 4.24. The topological polar surface area (TPSA) is 46.6 Å². The van der Waals surface area contributed by atoms with E-state index in [-0.39, 0.29) is 18.4 Å². The molecule has 0 spiro atoms. The molecule has 1 aromatic carbocycles. The van der Waals surface area contributed by atoms with E-state index in [1.807, 2.05) is 31.2 Å². The molecular weight excluding hydrogens is 218 g/mol. The van der Waals surface area contributed by atoms with Crippen molar-refractivity contribution in [1.82, 2.24) is 4.90 Å². The predicted molar refractivity (Wildman–Crippen MR) is 62.8 cm³/mol. The molecule has 0 bridgehead atoms. The summed E-state index contributed by atoms with van der Waals surface area (Å²) >= 11 is 0. The molecule has 0 saturated carbocycles. The molecule has 1 heterocycles. The number of rotatable bonds is 4. The van der Waals surface area contributed by atoms with Gasteiger partial charge < -0.3 is 4.74 Å². The second kappa shape index (κ2) is 4.99. The van der Waals surface area contributed by atoms with Gasteiger partial charge in [0.1, 0.15) is 6.61 Å². The molecule has 1 fully saturated rings. The summed E-state index contributed by atoms with van der Waals surface area (Å²) in [5.74, 6) is 0.0349. The largest absolute Gasteiger partial charge is 0.448 e. The Kier molecular flexibility index (Phi) is 3.42. The number of carbonyl (C=O) groups excluding carboxylic acids is 2. The van der Waals surface area contributed by atoms with Crippen molar-refractivity contribution in [2.45, 2.75) is 13.3 Å². The van der Waals surface area contributed by atoms with Gasteiger partial charge in [-0.15, -0.1) is 0 Å². The monoisotopic (exact) mass is 233 g/mol.